The van der Waals surface area contributed by atoms with Gasteiger partial charge in [-0.15, -0.1) is 0 Å². The molecule has 46 heavy (non-hydrogen) atoms. The van der Waals surface area contributed by atoms with Gasteiger partial charge in [0, 0.05) is 55.9 Å². The molecule has 3 aromatic rings. The molecule has 3 aliphatic rings. The maximum Gasteiger partial charge on any atom is 0.318 e. The second kappa shape index (κ2) is 13.0. The maximum atomic E-state index is 14.4. The van der Waals surface area contributed by atoms with Gasteiger partial charge in [0.1, 0.15) is 23.6 Å². The number of rotatable bonds is 10. The van der Waals surface area contributed by atoms with Crippen LogP contribution in [0.25, 0.3) is 15.6 Å². The number of fused-ring (bicyclic) bond motifs is 2. The highest BCUT2D eigenvalue weighted by Crippen LogP contribution is 2.40. The van der Waals surface area contributed by atoms with E-state index < -0.39 is 23.4 Å². The van der Waals surface area contributed by atoms with Crippen molar-refractivity contribution < 1.29 is 18.3 Å². The molecule has 1 amide bonds. The molecule has 0 bridgehead atoms. The van der Waals surface area contributed by atoms with E-state index in [1.807, 2.05) is 49.2 Å². The van der Waals surface area contributed by atoms with Crippen LogP contribution in [0.2, 0.25) is 5.02 Å². The zero-order valence-electron chi connectivity index (χ0n) is 26.2. The third-order valence-corrected chi connectivity index (χ3v) is 9.31. The number of carbonyl (C=O) groups is 1. The average Bonchev–Trinajstić information content (AvgIpc) is 3.75. The fourth-order valence-electron chi connectivity index (χ4n) is 6.68. The summed E-state index contributed by atoms with van der Waals surface area (Å²) in [7, 11) is 1.89. The van der Waals surface area contributed by atoms with Gasteiger partial charge < -0.3 is 24.3 Å². The first kappa shape index (κ1) is 32.0. The lowest BCUT2D eigenvalue weighted by Crippen LogP contribution is -2.57. The quantitative estimate of drug-likeness (QED) is 0.213. The predicted molar refractivity (Wildman–Crippen MR) is 176 cm³/mol. The minimum absolute atomic E-state index is 0.0290. The standard InChI is InChI=1S/C34H38ClF2N7O2/c1-22(18-41(4)21-34(37)12-13-34)46-33-39-28-20-42(29-10-6-8-24-7-5-9-27(35)30(24)29)14-11-26(28)31(40-33)43-15-16-44(32(45)23(2)36)25(19-43)17-38-3/h5-10,22,25H,2,11-21H2,1,4H3/t22-,25-/m0/s1. The number of hydrogen-bond donors (Lipinski definition) is 0. The third-order valence-electron chi connectivity index (χ3n) is 8.99. The van der Waals surface area contributed by atoms with E-state index in [9.17, 15) is 13.6 Å². The van der Waals surface area contributed by atoms with Gasteiger partial charge in [0.25, 0.3) is 5.91 Å². The number of hydrogen-bond acceptors (Lipinski definition) is 7. The van der Waals surface area contributed by atoms with E-state index >= 15 is 0 Å². The van der Waals surface area contributed by atoms with Crippen LogP contribution >= 0.6 is 11.6 Å². The summed E-state index contributed by atoms with van der Waals surface area (Å²) >= 11 is 6.68. The van der Waals surface area contributed by atoms with Crippen molar-refractivity contribution in [2.75, 3.05) is 62.7 Å². The minimum atomic E-state index is -1.10. The highest BCUT2D eigenvalue weighted by Gasteiger charge is 2.44. The Morgan fingerprint density at radius 1 is 1.22 bits per heavy atom. The molecule has 0 N–H and O–H groups in total. The SMILES string of the molecule is [C-]#[N+]C[C@H]1CN(c2nc(O[C@@H](C)CN(C)CC3(F)CC3)nc3c2CCN(c2cccc4cccc(Cl)c24)C3)CCN1C(=O)C(=C)F. The van der Waals surface area contributed by atoms with Crippen molar-refractivity contribution in [2.45, 2.75) is 50.5 Å². The smallest absolute Gasteiger partial charge is 0.318 e. The van der Waals surface area contributed by atoms with Gasteiger partial charge in [0.05, 0.1) is 17.3 Å². The average molecular weight is 650 g/mol. The van der Waals surface area contributed by atoms with Crippen molar-refractivity contribution in [1.29, 1.82) is 0 Å². The molecule has 1 saturated carbocycles. The molecule has 2 aromatic carbocycles. The summed E-state index contributed by atoms with van der Waals surface area (Å²) in [6.07, 6.45) is 1.52. The molecule has 9 nitrogen and oxygen atoms in total. The van der Waals surface area contributed by atoms with Crippen LogP contribution < -0.4 is 14.5 Å². The maximum absolute atomic E-state index is 14.4. The zero-order valence-corrected chi connectivity index (χ0v) is 26.9. The van der Waals surface area contributed by atoms with Gasteiger partial charge in [-0.25, -0.2) is 15.4 Å². The lowest BCUT2D eigenvalue weighted by atomic mass is 10.0. The van der Waals surface area contributed by atoms with Crippen LogP contribution in [0.1, 0.15) is 31.0 Å². The van der Waals surface area contributed by atoms with Crippen LogP contribution in [-0.4, -0.2) is 96.4 Å². The summed E-state index contributed by atoms with van der Waals surface area (Å²) in [6.45, 7) is 15.6. The number of halogens is 3. The molecule has 2 aliphatic heterocycles. The Balaban J connectivity index is 1.31. The lowest BCUT2D eigenvalue weighted by molar-refractivity contribution is -0.131. The molecule has 1 aromatic heterocycles. The molecule has 2 fully saturated rings. The lowest BCUT2D eigenvalue weighted by Gasteiger charge is -2.41. The van der Waals surface area contributed by atoms with Gasteiger partial charge in [-0.2, -0.15) is 9.97 Å². The topological polar surface area (TPSA) is 69.4 Å². The van der Waals surface area contributed by atoms with Gasteiger partial charge in [-0.3, -0.25) is 9.69 Å². The Morgan fingerprint density at radius 3 is 2.70 bits per heavy atom. The Kier molecular flexibility index (Phi) is 9.03. The Hall–Kier alpha value is -4.01. The monoisotopic (exact) mass is 649 g/mol. The van der Waals surface area contributed by atoms with Crippen LogP contribution in [0.15, 0.2) is 48.8 Å². The highest BCUT2D eigenvalue weighted by atomic mass is 35.5. The fraction of sp³-hybridized carbons (Fsp3) is 0.471. The van der Waals surface area contributed by atoms with Gasteiger partial charge in [-0.05, 0) is 50.8 Å². The van der Waals surface area contributed by atoms with E-state index in [4.69, 9.17) is 32.9 Å². The van der Waals surface area contributed by atoms with Gasteiger partial charge in [0.2, 0.25) is 6.54 Å². The van der Waals surface area contributed by atoms with E-state index in [0.717, 1.165) is 27.7 Å². The van der Waals surface area contributed by atoms with Crippen LogP contribution in [-0.2, 0) is 17.8 Å². The van der Waals surface area contributed by atoms with E-state index in [0.29, 0.717) is 69.4 Å². The number of benzene rings is 2. The molecule has 242 valence electrons. The molecular formula is C34H38ClF2N7O2. The Labute approximate surface area is 273 Å². The van der Waals surface area contributed by atoms with Gasteiger partial charge >= 0.3 is 6.01 Å². The van der Waals surface area contributed by atoms with Gasteiger partial charge in [-0.1, -0.05) is 42.4 Å². The molecule has 0 radical (unpaired) electrons. The van der Waals surface area contributed by atoms with Crippen LogP contribution in [0, 0.1) is 6.57 Å². The fourth-order valence-corrected chi connectivity index (χ4v) is 6.96. The number of amides is 1. The van der Waals surface area contributed by atoms with Crippen molar-refractivity contribution in [2.24, 2.45) is 0 Å². The summed E-state index contributed by atoms with van der Waals surface area (Å²) in [5, 5.41) is 2.72. The normalized spacial score (nSPS) is 19.5. The molecule has 1 aliphatic carbocycles. The third kappa shape index (κ3) is 6.74. The Bertz CT molecular complexity index is 1690. The number of aromatic nitrogens is 2. The summed E-state index contributed by atoms with van der Waals surface area (Å²) in [6, 6.07) is 11.7. The number of ether oxygens (including phenoxy) is 1. The molecular weight excluding hydrogens is 612 g/mol. The highest BCUT2D eigenvalue weighted by molar-refractivity contribution is 6.36. The first-order chi connectivity index (χ1) is 22.0. The number of nitrogens with zero attached hydrogens (tertiary/aromatic N) is 7. The van der Waals surface area contributed by atoms with E-state index in [1.54, 1.807) is 0 Å². The molecule has 0 spiro atoms. The summed E-state index contributed by atoms with van der Waals surface area (Å²) < 4.78 is 34.5. The number of likely N-dealkylation sites (N-methyl/N-ethyl adjacent to an activating group) is 1. The second-order valence-electron chi connectivity index (χ2n) is 12.7. The van der Waals surface area contributed by atoms with E-state index in [2.05, 4.69) is 27.3 Å². The molecule has 2 atom stereocenters. The number of piperazine rings is 1. The number of carbonyl (C=O) groups excluding carboxylic acids is 1. The second-order valence-corrected chi connectivity index (χ2v) is 13.1. The van der Waals surface area contributed by atoms with E-state index in [1.165, 1.54) is 4.90 Å². The first-order valence-electron chi connectivity index (χ1n) is 15.6. The number of anilines is 2. The van der Waals surface area contributed by atoms with Crippen molar-refractivity contribution >= 4 is 39.8 Å². The predicted octanol–water partition coefficient (Wildman–Crippen LogP) is 5.47. The van der Waals surface area contributed by atoms with Crippen LogP contribution in [0.3, 0.4) is 0 Å². The Morgan fingerprint density at radius 2 is 1.98 bits per heavy atom. The largest absolute Gasteiger partial charge is 0.459 e. The van der Waals surface area contributed by atoms with Crippen LogP contribution in [0.4, 0.5) is 20.3 Å². The van der Waals surface area contributed by atoms with Gasteiger partial charge in [0.15, 0.2) is 5.83 Å². The minimum Gasteiger partial charge on any atom is -0.459 e. The van der Waals surface area contributed by atoms with Crippen molar-refractivity contribution in [1.82, 2.24) is 19.8 Å². The molecule has 12 heteroatoms. The molecule has 6 rings (SSSR count). The summed E-state index contributed by atoms with van der Waals surface area (Å²) in [5.41, 5.74) is 1.71. The number of alkyl halides is 1. The molecule has 0 unspecified atom stereocenters. The van der Waals surface area contributed by atoms with Crippen molar-refractivity contribution in [3.63, 3.8) is 0 Å². The van der Waals surface area contributed by atoms with E-state index in [-0.39, 0.29) is 25.2 Å². The molecule has 3 heterocycles. The summed E-state index contributed by atoms with van der Waals surface area (Å²) in [4.78, 5) is 33.5. The first-order valence-corrected chi connectivity index (χ1v) is 16.0. The van der Waals surface area contributed by atoms with Crippen LogP contribution in [0.5, 0.6) is 6.01 Å². The van der Waals surface area contributed by atoms with Crippen molar-refractivity contribution in [3.05, 3.63) is 76.5 Å². The van der Waals surface area contributed by atoms with Crippen molar-refractivity contribution in [3.8, 4) is 6.01 Å². The zero-order chi connectivity index (χ0) is 32.6. The summed E-state index contributed by atoms with van der Waals surface area (Å²) in [5.74, 6) is -1.13. The molecule has 1 saturated heterocycles.